The van der Waals surface area contributed by atoms with Crippen LogP contribution in [0.3, 0.4) is 0 Å². The molecule has 0 aromatic heterocycles. The zero-order valence-corrected chi connectivity index (χ0v) is 11.7. The van der Waals surface area contributed by atoms with Gasteiger partial charge in [0.1, 0.15) is 17.1 Å². The van der Waals surface area contributed by atoms with Gasteiger partial charge in [-0.3, -0.25) is 0 Å². The lowest BCUT2D eigenvalue weighted by molar-refractivity contribution is 0.0523. The number of carbonyl (C=O) groups is 1. The van der Waals surface area contributed by atoms with Gasteiger partial charge < -0.3 is 20.3 Å². The van der Waals surface area contributed by atoms with Crippen molar-refractivity contribution in [3.63, 3.8) is 0 Å². The lowest BCUT2D eigenvalue weighted by Gasteiger charge is -2.11. The number of anilines is 1. The SMILES string of the molecule is CCOC(=O)c1cc(N)ccc1Oc1ccc(CO)cc1. The predicted octanol–water partition coefficient (Wildman–Crippen LogP) is 2.73. The number of hydrogen-bond acceptors (Lipinski definition) is 5. The van der Waals surface area contributed by atoms with E-state index in [0.717, 1.165) is 5.56 Å². The topological polar surface area (TPSA) is 81.8 Å². The highest BCUT2D eigenvalue weighted by Gasteiger charge is 2.15. The first-order chi connectivity index (χ1) is 10.1. The summed E-state index contributed by atoms with van der Waals surface area (Å²) >= 11 is 0. The van der Waals surface area contributed by atoms with Crippen molar-refractivity contribution in [2.24, 2.45) is 0 Å². The lowest BCUT2D eigenvalue weighted by Crippen LogP contribution is -2.07. The fraction of sp³-hybridized carbons (Fsp3) is 0.188. The summed E-state index contributed by atoms with van der Waals surface area (Å²) in [6.45, 7) is 1.98. The Balaban J connectivity index is 2.27. The van der Waals surface area contributed by atoms with Crippen LogP contribution in [0.2, 0.25) is 0 Å². The summed E-state index contributed by atoms with van der Waals surface area (Å²) in [4.78, 5) is 11.9. The number of carbonyl (C=O) groups excluding carboxylic acids is 1. The van der Waals surface area contributed by atoms with Crippen LogP contribution < -0.4 is 10.5 Å². The Morgan fingerprint density at radius 2 is 1.90 bits per heavy atom. The van der Waals surface area contributed by atoms with E-state index >= 15 is 0 Å². The minimum absolute atomic E-state index is 0.0315. The molecule has 0 radical (unpaired) electrons. The highest BCUT2D eigenvalue weighted by molar-refractivity contribution is 5.93. The van der Waals surface area contributed by atoms with Gasteiger partial charge in [-0.25, -0.2) is 4.79 Å². The van der Waals surface area contributed by atoms with Crippen LogP contribution in [0.5, 0.6) is 11.5 Å². The molecule has 0 bridgehead atoms. The van der Waals surface area contributed by atoms with E-state index in [-0.39, 0.29) is 18.8 Å². The molecule has 0 atom stereocenters. The number of benzene rings is 2. The van der Waals surface area contributed by atoms with Gasteiger partial charge in [0.05, 0.1) is 13.2 Å². The maximum atomic E-state index is 11.9. The minimum atomic E-state index is -0.480. The summed E-state index contributed by atoms with van der Waals surface area (Å²) in [5, 5.41) is 9.01. The summed E-state index contributed by atoms with van der Waals surface area (Å²) in [6.07, 6.45) is 0. The Labute approximate surface area is 122 Å². The van der Waals surface area contributed by atoms with Crippen LogP contribution in [0.4, 0.5) is 5.69 Å². The largest absolute Gasteiger partial charge is 0.462 e. The van der Waals surface area contributed by atoms with E-state index in [9.17, 15) is 4.79 Å². The highest BCUT2D eigenvalue weighted by Crippen LogP contribution is 2.28. The minimum Gasteiger partial charge on any atom is -0.462 e. The first-order valence-electron chi connectivity index (χ1n) is 6.58. The van der Waals surface area contributed by atoms with Crippen molar-refractivity contribution < 1.29 is 19.4 Å². The van der Waals surface area contributed by atoms with Gasteiger partial charge in [0, 0.05) is 5.69 Å². The normalized spacial score (nSPS) is 10.2. The first kappa shape index (κ1) is 14.9. The highest BCUT2D eigenvalue weighted by atomic mass is 16.5. The summed E-state index contributed by atoms with van der Waals surface area (Å²) in [5.41, 5.74) is 7.22. The molecule has 0 saturated heterocycles. The molecule has 5 heteroatoms. The Morgan fingerprint density at radius 3 is 2.52 bits per heavy atom. The van der Waals surface area contributed by atoms with Gasteiger partial charge >= 0.3 is 5.97 Å². The maximum absolute atomic E-state index is 11.9. The second-order valence-electron chi connectivity index (χ2n) is 4.38. The molecule has 3 N–H and O–H groups in total. The van der Waals surface area contributed by atoms with E-state index in [0.29, 0.717) is 17.2 Å². The molecule has 2 aromatic carbocycles. The molecule has 0 aliphatic heterocycles. The van der Waals surface area contributed by atoms with Crippen molar-refractivity contribution >= 4 is 11.7 Å². The molecule has 0 aliphatic carbocycles. The third-order valence-corrected chi connectivity index (χ3v) is 2.83. The van der Waals surface area contributed by atoms with Crippen molar-refractivity contribution in [1.82, 2.24) is 0 Å². The van der Waals surface area contributed by atoms with E-state index in [1.54, 1.807) is 43.3 Å². The van der Waals surface area contributed by atoms with Crippen LogP contribution in [0.1, 0.15) is 22.8 Å². The zero-order chi connectivity index (χ0) is 15.2. The van der Waals surface area contributed by atoms with Gasteiger partial charge in [0.2, 0.25) is 0 Å². The van der Waals surface area contributed by atoms with Crippen LogP contribution in [0.25, 0.3) is 0 Å². The Kier molecular flexibility index (Phi) is 4.79. The number of nitrogen functional groups attached to an aromatic ring is 1. The quantitative estimate of drug-likeness (QED) is 0.652. The van der Waals surface area contributed by atoms with Crippen molar-refractivity contribution in [1.29, 1.82) is 0 Å². The first-order valence-corrected chi connectivity index (χ1v) is 6.58. The van der Waals surface area contributed by atoms with Crippen LogP contribution in [-0.4, -0.2) is 17.7 Å². The predicted molar refractivity (Wildman–Crippen MR) is 79.2 cm³/mol. The van der Waals surface area contributed by atoms with Crippen LogP contribution in [0.15, 0.2) is 42.5 Å². The molecule has 0 aliphatic rings. The third kappa shape index (κ3) is 3.73. The number of nitrogens with two attached hydrogens (primary N) is 1. The van der Waals surface area contributed by atoms with Crippen LogP contribution in [-0.2, 0) is 11.3 Å². The smallest absolute Gasteiger partial charge is 0.342 e. The summed E-state index contributed by atoms with van der Waals surface area (Å²) < 4.78 is 10.7. The molecule has 2 rings (SSSR count). The van der Waals surface area contributed by atoms with Gasteiger partial charge in [-0.15, -0.1) is 0 Å². The van der Waals surface area contributed by atoms with Gasteiger partial charge in [-0.1, -0.05) is 12.1 Å². The molecule has 0 heterocycles. The monoisotopic (exact) mass is 287 g/mol. The number of hydrogen-bond donors (Lipinski definition) is 2. The van der Waals surface area contributed by atoms with Crippen LogP contribution in [0, 0.1) is 0 Å². The van der Waals surface area contributed by atoms with Gasteiger partial charge in [-0.05, 0) is 42.8 Å². The molecule has 110 valence electrons. The van der Waals surface area contributed by atoms with Gasteiger partial charge in [0.25, 0.3) is 0 Å². The Bertz CT molecular complexity index is 623. The fourth-order valence-corrected chi connectivity index (χ4v) is 1.79. The average molecular weight is 287 g/mol. The number of rotatable bonds is 5. The van der Waals surface area contributed by atoms with Gasteiger partial charge in [-0.2, -0.15) is 0 Å². The average Bonchev–Trinajstić information content (AvgIpc) is 2.50. The summed E-state index contributed by atoms with van der Waals surface area (Å²) in [6, 6.07) is 11.7. The summed E-state index contributed by atoms with van der Waals surface area (Å²) in [7, 11) is 0. The van der Waals surface area contributed by atoms with E-state index in [2.05, 4.69) is 0 Å². The number of aliphatic hydroxyl groups is 1. The van der Waals surface area contributed by atoms with Crippen molar-refractivity contribution in [2.75, 3.05) is 12.3 Å². The molecule has 0 spiro atoms. The van der Waals surface area contributed by atoms with Crippen molar-refractivity contribution in [3.05, 3.63) is 53.6 Å². The zero-order valence-electron chi connectivity index (χ0n) is 11.7. The second kappa shape index (κ2) is 6.76. The molecule has 21 heavy (non-hydrogen) atoms. The second-order valence-corrected chi connectivity index (χ2v) is 4.38. The molecule has 0 amide bonds. The summed E-state index contributed by atoms with van der Waals surface area (Å²) in [5.74, 6) is 0.452. The molecule has 0 saturated carbocycles. The number of ether oxygens (including phenoxy) is 2. The lowest BCUT2D eigenvalue weighted by atomic mass is 10.1. The van der Waals surface area contributed by atoms with E-state index < -0.39 is 5.97 Å². The molecule has 0 fully saturated rings. The fourth-order valence-electron chi connectivity index (χ4n) is 1.79. The molecule has 2 aromatic rings. The Morgan fingerprint density at radius 1 is 1.19 bits per heavy atom. The molecular formula is C16H17NO4. The van der Waals surface area contributed by atoms with E-state index in [4.69, 9.17) is 20.3 Å². The van der Waals surface area contributed by atoms with Crippen molar-refractivity contribution in [3.8, 4) is 11.5 Å². The Hall–Kier alpha value is -2.53. The molecule has 0 unspecified atom stereocenters. The number of esters is 1. The van der Waals surface area contributed by atoms with Crippen LogP contribution >= 0.6 is 0 Å². The number of aliphatic hydroxyl groups excluding tert-OH is 1. The molecular weight excluding hydrogens is 270 g/mol. The van der Waals surface area contributed by atoms with E-state index in [1.165, 1.54) is 6.07 Å². The van der Waals surface area contributed by atoms with Crippen molar-refractivity contribution in [2.45, 2.75) is 13.5 Å². The van der Waals surface area contributed by atoms with Gasteiger partial charge in [0.15, 0.2) is 0 Å². The van der Waals surface area contributed by atoms with E-state index in [1.807, 2.05) is 0 Å². The molecule has 5 nitrogen and oxygen atoms in total. The third-order valence-electron chi connectivity index (χ3n) is 2.83. The maximum Gasteiger partial charge on any atom is 0.342 e. The standard InChI is InChI=1S/C16H17NO4/c1-2-20-16(19)14-9-12(17)5-8-15(14)21-13-6-3-11(10-18)4-7-13/h3-9,18H,2,10,17H2,1H3.